The summed E-state index contributed by atoms with van der Waals surface area (Å²) in [5, 5.41) is 0. The van der Waals surface area contributed by atoms with Gasteiger partial charge >= 0.3 is 0 Å². The number of rotatable bonds is 2. The van der Waals surface area contributed by atoms with Gasteiger partial charge in [-0.3, -0.25) is 0 Å². The molecule has 0 aliphatic carbocycles. The largest absolute Gasteiger partial charge is 0.399 e. The molecule has 0 atom stereocenters. The van der Waals surface area contributed by atoms with E-state index in [9.17, 15) is 0 Å². The van der Waals surface area contributed by atoms with Crippen LogP contribution in [0.2, 0.25) is 0 Å². The molecule has 3 nitrogen and oxygen atoms in total. The zero-order valence-electron chi connectivity index (χ0n) is 9.97. The fourth-order valence-corrected chi connectivity index (χ4v) is 2.71. The molecule has 1 heterocycles. The summed E-state index contributed by atoms with van der Waals surface area (Å²) in [6.07, 6.45) is 0. The molecule has 0 unspecified atom stereocenters. The van der Waals surface area contributed by atoms with Crippen LogP contribution in [0.3, 0.4) is 0 Å². The molecular formula is C14H13N3S. The maximum Gasteiger partial charge on any atom is 0.104 e. The summed E-state index contributed by atoms with van der Waals surface area (Å²) in [4.78, 5) is 10.0. The molecule has 90 valence electrons. The summed E-state index contributed by atoms with van der Waals surface area (Å²) in [6, 6.07) is 14.1. The second-order valence-electron chi connectivity index (χ2n) is 4.17. The molecule has 0 bridgehead atoms. The van der Waals surface area contributed by atoms with E-state index in [4.69, 9.17) is 5.73 Å². The number of aromatic nitrogens is 2. The number of anilines is 1. The van der Waals surface area contributed by atoms with Gasteiger partial charge in [-0.2, -0.15) is 0 Å². The lowest BCUT2D eigenvalue weighted by Crippen LogP contribution is -1.82. The molecule has 4 heteroatoms. The molecular weight excluding hydrogens is 242 g/mol. The van der Waals surface area contributed by atoms with E-state index in [2.05, 4.69) is 22.1 Å². The van der Waals surface area contributed by atoms with E-state index in [1.807, 2.05) is 37.3 Å². The van der Waals surface area contributed by atoms with Crippen molar-refractivity contribution in [1.82, 2.24) is 9.97 Å². The zero-order valence-corrected chi connectivity index (χ0v) is 10.8. The van der Waals surface area contributed by atoms with Crippen LogP contribution >= 0.6 is 11.8 Å². The highest BCUT2D eigenvalue weighted by Crippen LogP contribution is 2.29. The molecule has 3 N–H and O–H groups in total. The van der Waals surface area contributed by atoms with E-state index in [0.29, 0.717) is 0 Å². The number of hydrogen-bond acceptors (Lipinski definition) is 3. The molecule has 0 fully saturated rings. The van der Waals surface area contributed by atoms with Crippen LogP contribution in [-0.4, -0.2) is 9.97 Å². The molecule has 0 aliphatic heterocycles. The number of nitrogens with two attached hydrogens (primary N) is 1. The first-order valence-corrected chi connectivity index (χ1v) is 6.52. The van der Waals surface area contributed by atoms with E-state index in [1.165, 1.54) is 9.79 Å². The minimum atomic E-state index is 0.791. The van der Waals surface area contributed by atoms with Crippen molar-refractivity contribution >= 4 is 28.5 Å². The SMILES string of the molecule is Cc1nc2ccc(Sc3ccc(N)cc3)cc2[nH]1. The summed E-state index contributed by atoms with van der Waals surface area (Å²) in [6.45, 7) is 1.97. The third-order valence-corrected chi connectivity index (χ3v) is 3.69. The smallest absolute Gasteiger partial charge is 0.104 e. The van der Waals surface area contributed by atoms with Crippen molar-refractivity contribution in [3.05, 3.63) is 48.3 Å². The second kappa shape index (κ2) is 4.38. The van der Waals surface area contributed by atoms with Crippen molar-refractivity contribution < 1.29 is 0 Å². The number of imidazole rings is 1. The predicted octanol–water partition coefficient (Wildman–Crippen LogP) is 3.60. The first-order valence-electron chi connectivity index (χ1n) is 5.70. The van der Waals surface area contributed by atoms with Gasteiger partial charge in [0, 0.05) is 15.5 Å². The topological polar surface area (TPSA) is 54.7 Å². The fraction of sp³-hybridized carbons (Fsp3) is 0.0714. The lowest BCUT2D eigenvalue weighted by atomic mass is 10.3. The Hall–Kier alpha value is -1.94. The fourth-order valence-electron chi connectivity index (χ4n) is 1.85. The number of aryl methyl sites for hydroxylation is 1. The quantitative estimate of drug-likeness (QED) is 0.688. The number of nitrogen functional groups attached to an aromatic ring is 1. The van der Waals surface area contributed by atoms with E-state index < -0.39 is 0 Å². The third kappa shape index (κ3) is 2.19. The number of H-pyrrole nitrogens is 1. The van der Waals surface area contributed by atoms with Crippen molar-refractivity contribution in [2.45, 2.75) is 16.7 Å². The van der Waals surface area contributed by atoms with Crippen LogP contribution in [0, 0.1) is 6.92 Å². The van der Waals surface area contributed by atoms with Crippen molar-refractivity contribution in [3.63, 3.8) is 0 Å². The molecule has 0 saturated carbocycles. The van der Waals surface area contributed by atoms with E-state index in [0.717, 1.165) is 22.5 Å². The van der Waals surface area contributed by atoms with Gasteiger partial charge in [0.15, 0.2) is 0 Å². The highest BCUT2D eigenvalue weighted by molar-refractivity contribution is 7.99. The van der Waals surface area contributed by atoms with Gasteiger partial charge in [-0.1, -0.05) is 11.8 Å². The number of hydrogen-bond donors (Lipinski definition) is 2. The molecule has 0 spiro atoms. The average Bonchev–Trinajstić information content (AvgIpc) is 2.71. The molecule has 18 heavy (non-hydrogen) atoms. The maximum absolute atomic E-state index is 5.67. The van der Waals surface area contributed by atoms with Crippen LogP contribution < -0.4 is 5.73 Å². The lowest BCUT2D eigenvalue weighted by Gasteiger charge is -2.02. The predicted molar refractivity (Wildman–Crippen MR) is 75.8 cm³/mol. The first kappa shape index (κ1) is 11.2. The maximum atomic E-state index is 5.67. The Morgan fingerprint density at radius 1 is 1.06 bits per heavy atom. The summed E-state index contributed by atoms with van der Waals surface area (Å²) in [5.41, 5.74) is 8.55. The van der Waals surface area contributed by atoms with Crippen LogP contribution in [0.1, 0.15) is 5.82 Å². The van der Waals surface area contributed by atoms with Crippen LogP contribution in [0.25, 0.3) is 11.0 Å². The Balaban J connectivity index is 1.92. The summed E-state index contributed by atoms with van der Waals surface area (Å²) >= 11 is 1.72. The number of fused-ring (bicyclic) bond motifs is 1. The minimum Gasteiger partial charge on any atom is -0.399 e. The van der Waals surface area contributed by atoms with Gasteiger partial charge in [0.2, 0.25) is 0 Å². The number of nitrogens with zero attached hydrogens (tertiary/aromatic N) is 1. The molecule has 0 saturated heterocycles. The standard InChI is InChI=1S/C14H13N3S/c1-9-16-13-7-6-12(8-14(13)17-9)18-11-4-2-10(15)3-5-11/h2-8H,15H2,1H3,(H,16,17). The average molecular weight is 255 g/mol. The molecule has 1 aromatic heterocycles. The molecule has 3 rings (SSSR count). The van der Waals surface area contributed by atoms with Gasteiger partial charge in [-0.25, -0.2) is 4.98 Å². The Kier molecular flexibility index (Phi) is 2.72. The van der Waals surface area contributed by atoms with Crippen LogP contribution in [-0.2, 0) is 0 Å². The highest BCUT2D eigenvalue weighted by atomic mass is 32.2. The third-order valence-electron chi connectivity index (χ3n) is 2.69. The van der Waals surface area contributed by atoms with E-state index >= 15 is 0 Å². The molecule has 0 radical (unpaired) electrons. The second-order valence-corrected chi connectivity index (χ2v) is 5.32. The number of aromatic amines is 1. The van der Waals surface area contributed by atoms with Gasteiger partial charge in [0.1, 0.15) is 5.82 Å². The Morgan fingerprint density at radius 3 is 2.56 bits per heavy atom. The van der Waals surface area contributed by atoms with Gasteiger partial charge in [-0.05, 0) is 49.4 Å². The van der Waals surface area contributed by atoms with Crippen LogP contribution in [0.4, 0.5) is 5.69 Å². The van der Waals surface area contributed by atoms with Gasteiger partial charge in [-0.15, -0.1) is 0 Å². The van der Waals surface area contributed by atoms with Crippen LogP contribution in [0.5, 0.6) is 0 Å². The minimum absolute atomic E-state index is 0.791. The Morgan fingerprint density at radius 2 is 1.78 bits per heavy atom. The van der Waals surface area contributed by atoms with Gasteiger partial charge in [0.25, 0.3) is 0 Å². The Labute approximate surface area is 109 Å². The molecule has 3 aromatic rings. The van der Waals surface area contributed by atoms with E-state index in [1.54, 1.807) is 11.8 Å². The molecule has 0 aliphatic rings. The van der Waals surface area contributed by atoms with Crippen molar-refractivity contribution in [2.24, 2.45) is 0 Å². The monoisotopic (exact) mass is 255 g/mol. The van der Waals surface area contributed by atoms with Gasteiger partial charge < -0.3 is 10.7 Å². The van der Waals surface area contributed by atoms with E-state index in [-0.39, 0.29) is 0 Å². The van der Waals surface area contributed by atoms with Crippen molar-refractivity contribution in [1.29, 1.82) is 0 Å². The van der Waals surface area contributed by atoms with Crippen molar-refractivity contribution in [3.8, 4) is 0 Å². The zero-order chi connectivity index (χ0) is 12.5. The normalized spacial score (nSPS) is 10.9. The summed E-state index contributed by atoms with van der Waals surface area (Å²) < 4.78 is 0. The lowest BCUT2D eigenvalue weighted by molar-refractivity contribution is 1.17. The summed E-state index contributed by atoms with van der Waals surface area (Å²) in [7, 11) is 0. The molecule has 0 amide bonds. The number of benzene rings is 2. The van der Waals surface area contributed by atoms with Crippen molar-refractivity contribution in [2.75, 3.05) is 5.73 Å². The molecule has 2 aromatic carbocycles. The Bertz CT molecular complexity index is 686. The highest BCUT2D eigenvalue weighted by Gasteiger charge is 2.02. The number of nitrogens with one attached hydrogen (secondary N) is 1. The first-order chi connectivity index (χ1) is 8.70. The van der Waals surface area contributed by atoms with Crippen LogP contribution in [0.15, 0.2) is 52.3 Å². The van der Waals surface area contributed by atoms with Gasteiger partial charge in [0.05, 0.1) is 11.0 Å². The summed E-state index contributed by atoms with van der Waals surface area (Å²) in [5.74, 6) is 0.944.